The molecule has 0 bridgehead atoms. The Balaban J connectivity index is 1.70. The fourth-order valence-electron chi connectivity index (χ4n) is 2.89. The van der Waals surface area contributed by atoms with E-state index in [4.69, 9.17) is 10.00 Å². The van der Waals surface area contributed by atoms with Crippen molar-refractivity contribution in [2.24, 2.45) is 0 Å². The predicted molar refractivity (Wildman–Crippen MR) is 101 cm³/mol. The molecule has 0 spiro atoms. The number of H-pyrrole nitrogens is 1. The number of hydrogen-bond acceptors (Lipinski definition) is 4. The number of nitrogens with one attached hydrogen (secondary N) is 2. The van der Waals surface area contributed by atoms with Gasteiger partial charge in [-0.25, -0.2) is 4.79 Å². The fraction of sp³-hybridized carbons (Fsp3) is 0.190. The van der Waals surface area contributed by atoms with Gasteiger partial charge >= 0.3 is 5.97 Å². The Labute approximate surface area is 156 Å². The minimum atomic E-state index is -0.778. The van der Waals surface area contributed by atoms with E-state index in [9.17, 15) is 9.59 Å². The van der Waals surface area contributed by atoms with Crippen LogP contribution in [0.5, 0.6) is 0 Å². The molecule has 0 fully saturated rings. The number of carbonyl (C=O) groups is 2. The molecule has 2 aromatic carbocycles. The van der Waals surface area contributed by atoms with Gasteiger partial charge in [0.2, 0.25) is 5.91 Å². The van der Waals surface area contributed by atoms with E-state index in [0.717, 1.165) is 22.0 Å². The van der Waals surface area contributed by atoms with Crippen molar-refractivity contribution in [2.45, 2.75) is 26.0 Å². The highest BCUT2D eigenvalue weighted by Gasteiger charge is 2.23. The first-order valence-corrected chi connectivity index (χ1v) is 8.54. The van der Waals surface area contributed by atoms with E-state index in [-0.39, 0.29) is 12.5 Å². The summed E-state index contributed by atoms with van der Waals surface area (Å²) in [4.78, 5) is 27.2. The number of benzene rings is 2. The number of para-hydroxylation sites is 1. The maximum atomic E-state index is 12.5. The molecule has 0 unspecified atom stereocenters. The van der Waals surface area contributed by atoms with E-state index in [1.807, 2.05) is 36.5 Å². The molecule has 0 saturated heterocycles. The van der Waals surface area contributed by atoms with Gasteiger partial charge in [-0.1, -0.05) is 30.3 Å². The van der Waals surface area contributed by atoms with Crippen LogP contribution in [0, 0.1) is 11.3 Å². The van der Waals surface area contributed by atoms with Crippen molar-refractivity contribution in [1.82, 2.24) is 10.3 Å². The van der Waals surface area contributed by atoms with Gasteiger partial charge in [-0.2, -0.15) is 5.26 Å². The maximum Gasteiger partial charge on any atom is 0.329 e. The summed E-state index contributed by atoms with van der Waals surface area (Å²) in [5, 5.41) is 12.5. The minimum Gasteiger partial charge on any atom is -0.459 e. The lowest BCUT2D eigenvalue weighted by molar-refractivity contribution is -0.149. The van der Waals surface area contributed by atoms with Crippen molar-refractivity contribution in [2.75, 3.05) is 0 Å². The van der Waals surface area contributed by atoms with Crippen LogP contribution in [0.15, 0.2) is 54.7 Å². The average Bonchev–Trinajstić information content (AvgIpc) is 3.08. The molecule has 0 saturated carbocycles. The topological polar surface area (TPSA) is 95.0 Å². The van der Waals surface area contributed by atoms with Gasteiger partial charge in [-0.15, -0.1) is 0 Å². The van der Waals surface area contributed by atoms with Crippen LogP contribution in [-0.2, 0) is 27.4 Å². The molecule has 0 aliphatic carbocycles. The standard InChI is InChI=1S/C21H19N3O3/c1-14(25)24-20(10-17-12-23-19-5-3-2-4-18(17)19)21(26)27-13-16-8-6-15(11-22)7-9-16/h2-9,12,20,23H,10,13H2,1H3,(H,24,25)/t20-/m0/s1. The first-order chi connectivity index (χ1) is 13.1. The van der Waals surface area contributed by atoms with Crippen molar-refractivity contribution >= 4 is 22.8 Å². The monoisotopic (exact) mass is 361 g/mol. The SMILES string of the molecule is CC(=O)N[C@@H](Cc1c[nH]c2ccccc12)C(=O)OCc1ccc(C#N)cc1. The van der Waals surface area contributed by atoms with Crippen LogP contribution in [-0.4, -0.2) is 22.9 Å². The summed E-state index contributed by atoms with van der Waals surface area (Å²) in [6.07, 6.45) is 2.17. The summed E-state index contributed by atoms with van der Waals surface area (Å²) >= 11 is 0. The minimum absolute atomic E-state index is 0.0779. The summed E-state index contributed by atoms with van der Waals surface area (Å²) in [7, 11) is 0. The Kier molecular flexibility index (Phi) is 5.53. The Hall–Kier alpha value is -3.59. The molecular weight excluding hydrogens is 342 g/mol. The quantitative estimate of drug-likeness (QED) is 0.660. The predicted octanol–water partition coefficient (Wildman–Crippen LogP) is 2.83. The van der Waals surface area contributed by atoms with E-state index in [2.05, 4.69) is 10.3 Å². The van der Waals surface area contributed by atoms with Crippen LogP contribution < -0.4 is 5.32 Å². The summed E-state index contributed by atoms with van der Waals surface area (Å²) < 4.78 is 5.38. The number of nitriles is 1. The Morgan fingerprint density at radius 2 is 1.93 bits per heavy atom. The number of ether oxygens (including phenoxy) is 1. The second-order valence-electron chi connectivity index (χ2n) is 6.23. The van der Waals surface area contributed by atoms with Crippen LogP contribution in [0.1, 0.15) is 23.6 Å². The average molecular weight is 361 g/mol. The molecule has 2 N–H and O–H groups in total. The number of fused-ring (bicyclic) bond motifs is 1. The Morgan fingerprint density at radius 1 is 1.19 bits per heavy atom. The van der Waals surface area contributed by atoms with Gasteiger partial charge in [-0.3, -0.25) is 4.79 Å². The van der Waals surface area contributed by atoms with E-state index in [1.54, 1.807) is 24.3 Å². The van der Waals surface area contributed by atoms with Gasteiger partial charge in [0.1, 0.15) is 12.6 Å². The van der Waals surface area contributed by atoms with Gasteiger partial charge < -0.3 is 15.0 Å². The second-order valence-corrected chi connectivity index (χ2v) is 6.23. The molecule has 1 atom stereocenters. The number of rotatable bonds is 6. The molecule has 6 nitrogen and oxygen atoms in total. The third-order valence-corrected chi connectivity index (χ3v) is 4.23. The van der Waals surface area contributed by atoms with E-state index >= 15 is 0 Å². The van der Waals surface area contributed by atoms with Crippen LogP contribution in [0.3, 0.4) is 0 Å². The third kappa shape index (κ3) is 4.53. The number of aromatic nitrogens is 1. The number of carbonyl (C=O) groups excluding carboxylic acids is 2. The van der Waals surface area contributed by atoms with Crippen molar-refractivity contribution in [3.63, 3.8) is 0 Å². The zero-order chi connectivity index (χ0) is 19.2. The molecule has 0 aliphatic rings. The van der Waals surface area contributed by atoms with Gasteiger partial charge in [0.05, 0.1) is 11.6 Å². The van der Waals surface area contributed by atoms with E-state index in [1.165, 1.54) is 6.92 Å². The number of hydrogen-bond donors (Lipinski definition) is 2. The van der Waals surface area contributed by atoms with Gasteiger partial charge in [0.25, 0.3) is 0 Å². The number of aromatic amines is 1. The van der Waals surface area contributed by atoms with Crippen LogP contribution in [0.2, 0.25) is 0 Å². The highest BCUT2D eigenvalue weighted by atomic mass is 16.5. The van der Waals surface area contributed by atoms with Gasteiger partial charge in [0.15, 0.2) is 0 Å². The zero-order valence-electron chi connectivity index (χ0n) is 14.9. The lowest BCUT2D eigenvalue weighted by Gasteiger charge is -2.16. The maximum absolute atomic E-state index is 12.5. The molecule has 1 aromatic heterocycles. The molecule has 3 rings (SSSR count). The molecule has 0 radical (unpaired) electrons. The lowest BCUT2D eigenvalue weighted by Crippen LogP contribution is -2.42. The second kappa shape index (κ2) is 8.19. The highest BCUT2D eigenvalue weighted by molar-refractivity contribution is 5.86. The van der Waals surface area contributed by atoms with E-state index < -0.39 is 12.0 Å². The van der Waals surface area contributed by atoms with Gasteiger partial charge in [-0.05, 0) is 29.3 Å². The van der Waals surface area contributed by atoms with Crippen LogP contribution in [0.25, 0.3) is 10.9 Å². The number of nitrogens with zero attached hydrogens (tertiary/aromatic N) is 1. The third-order valence-electron chi connectivity index (χ3n) is 4.23. The summed E-state index contributed by atoms with van der Waals surface area (Å²) in [6.45, 7) is 1.45. The molecular formula is C21H19N3O3. The molecule has 6 heteroatoms. The Morgan fingerprint density at radius 3 is 2.63 bits per heavy atom. The normalized spacial score (nSPS) is 11.6. The fourth-order valence-corrected chi connectivity index (χ4v) is 2.89. The summed E-state index contributed by atoms with van der Waals surface area (Å²) in [5.74, 6) is -0.796. The Bertz CT molecular complexity index is 999. The van der Waals surface area contributed by atoms with Gasteiger partial charge in [0, 0.05) is 30.4 Å². The smallest absolute Gasteiger partial charge is 0.329 e. The first-order valence-electron chi connectivity index (χ1n) is 8.54. The highest BCUT2D eigenvalue weighted by Crippen LogP contribution is 2.19. The van der Waals surface area contributed by atoms with Crippen molar-refractivity contribution in [3.05, 3.63) is 71.4 Å². The summed E-state index contributed by atoms with van der Waals surface area (Å²) in [6, 6.07) is 15.8. The first kappa shape index (κ1) is 18.2. The van der Waals surface area contributed by atoms with Crippen LogP contribution in [0.4, 0.5) is 0 Å². The largest absolute Gasteiger partial charge is 0.459 e. The van der Waals surface area contributed by atoms with E-state index in [0.29, 0.717) is 12.0 Å². The molecule has 3 aromatic rings. The molecule has 0 aliphatic heterocycles. The molecule has 136 valence electrons. The molecule has 27 heavy (non-hydrogen) atoms. The molecule has 1 heterocycles. The lowest BCUT2D eigenvalue weighted by atomic mass is 10.0. The number of esters is 1. The summed E-state index contributed by atoms with van der Waals surface area (Å²) in [5.41, 5.74) is 3.22. The van der Waals surface area contributed by atoms with Crippen LogP contribution >= 0.6 is 0 Å². The van der Waals surface area contributed by atoms with Crippen molar-refractivity contribution in [3.8, 4) is 6.07 Å². The van der Waals surface area contributed by atoms with Crippen molar-refractivity contribution in [1.29, 1.82) is 5.26 Å². The molecule has 1 amide bonds. The number of amides is 1. The van der Waals surface area contributed by atoms with Crippen molar-refractivity contribution < 1.29 is 14.3 Å². The zero-order valence-corrected chi connectivity index (χ0v) is 14.9.